The summed E-state index contributed by atoms with van der Waals surface area (Å²) in [6, 6.07) is 9.10. The molecule has 0 aliphatic carbocycles. The zero-order chi connectivity index (χ0) is 12.4. The molecular formula is C13H13FINS. The largest absolute Gasteiger partial charge is 0.323 e. The molecule has 0 aliphatic rings. The summed E-state index contributed by atoms with van der Waals surface area (Å²) >= 11 is 3.85. The number of halogens is 2. The van der Waals surface area contributed by atoms with E-state index in [-0.39, 0.29) is 11.9 Å². The Morgan fingerprint density at radius 3 is 2.76 bits per heavy atom. The Morgan fingerprint density at radius 1 is 1.35 bits per heavy atom. The molecule has 1 aromatic heterocycles. The van der Waals surface area contributed by atoms with Gasteiger partial charge < -0.3 is 5.73 Å². The quantitative estimate of drug-likeness (QED) is 0.797. The lowest BCUT2D eigenvalue weighted by molar-refractivity contribution is 0.627. The number of benzene rings is 1. The van der Waals surface area contributed by atoms with E-state index in [0.717, 1.165) is 20.4 Å². The normalized spacial score (nSPS) is 12.7. The summed E-state index contributed by atoms with van der Waals surface area (Å²) < 4.78 is 14.0. The van der Waals surface area contributed by atoms with E-state index in [1.54, 1.807) is 17.4 Å². The van der Waals surface area contributed by atoms with Crippen LogP contribution in [0.2, 0.25) is 0 Å². The van der Waals surface area contributed by atoms with Gasteiger partial charge in [0.2, 0.25) is 0 Å². The topological polar surface area (TPSA) is 26.0 Å². The van der Waals surface area contributed by atoms with E-state index in [4.69, 9.17) is 5.73 Å². The van der Waals surface area contributed by atoms with Crippen molar-refractivity contribution in [3.63, 3.8) is 0 Å². The van der Waals surface area contributed by atoms with Crippen LogP contribution in [0.4, 0.5) is 4.39 Å². The highest BCUT2D eigenvalue weighted by atomic mass is 127. The number of rotatable bonds is 3. The summed E-state index contributed by atoms with van der Waals surface area (Å²) in [5.74, 6) is -0.194. The van der Waals surface area contributed by atoms with Gasteiger partial charge in [-0.2, -0.15) is 0 Å². The van der Waals surface area contributed by atoms with Crippen molar-refractivity contribution in [2.45, 2.75) is 19.4 Å². The maximum Gasteiger partial charge on any atom is 0.124 e. The summed E-state index contributed by atoms with van der Waals surface area (Å²) in [6.07, 6.45) is 0.931. The second kappa shape index (κ2) is 5.46. The molecule has 2 rings (SSSR count). The van der Waals surface area contributed by atoms with Crippen molar-refractivity contribution in [3.8, 4) is 10.4 Å². The number of nitrogens with two attached hydrogens (primary N) is 1. The Labute approximate surface area is 118 Å². The maximum absolute atomic E-state index is 13.0. The predicted octanol–water partition coefficient (Wildman–Crippen LogP) is 4.57. The summed E-state index contributed by atoms with van der Waals surface area (Å²) in [7, 11) is 0. The van der Waals surface area contributed by atoms with Gasteiger partial charge >= 0.3 is 0 Å². The van der Waals surface area contributed by atoms with Crippen molar-refractivity contribution in [2.75, 3.05) is 0 Å². The molecule has 17 heavy (non-hydrogen) atoms. The second-order valence-electron chi connectivity index (χ2n) is 3.84. The van der Waals surface area contributed by atoms with Gasteiger partial charge in [-0.1, -0.05) is 6.92 Å². The molecule has 0 amide bonds. The van der Waals surface area contributed by atoms with E-state index in [0.29, 0.717) is 0 Å². The van der Waals surface area contributed by atoms with Gasteiger partial charge in [-0.3, -0.25) is 0 Å². The van der Waals surface area contributed by atoms with Crippen molar-refractivity contribution in [1.82, 2.24) is 0 Å². The van der Waals surface area contributed by atoms with E-state index in [1.807, 2.05) is 6.07 Å². The zero-order valence-corrected chi connectivity index (χ0v) is 12.4. The van der Waals surface area contributed by atoms with Gasteiger partial charge in [0, 0.05) is 24.9 Å². The molecule has 1 atom stereocenters. The molecule has 0 spiro atoms. The first kappa shape index (κ1) is 13.0. The molecule has 0 aliphatic heterocycles. The second-order valence-corrected chi connectivity index (χ2v) is 6.12. The van der Waals surface area contributed by atoms with Crippen LogP contribution >= 0.6 is 33.9 Å². The molecule has 0 radical (unpaired) electrons. The first-order valence-corrected chi connectivity index (χ1v) is 7.32. The van der Waals surface area contributed by atoms with E-state index >= 15 is 0 Å². The van der Waals surface area contributed by atoms with Gasteiger partial charge in [-0.05, 0) is 59.3 Å². The van der Waals surface area contributed by atoms with Crippen molar-refractivity contribution in [1.29, 1.82) is 0 Å². The molecule has 1 nitrogen and oxygen atoms in total. The average Bonchev–Trinajstić information content (AvgIpc) is 2.77. The third kappa shape index (κ3) is 2.86. The highest BCUT2D eigenvalue weighted by Crippen LogP contribution is 2.34. The van der Waals surface area contributed by atoms with Crippen LogP contribution in [-0.4, -0.2) is 0 Å². The van der Waals surface area contributed by atoms with Crippen molar-refractivity contribution < 1.29 is 4.39 Å². The van der Waals surface area contributed by atoms with Gasteiger partial charge in [0.05, 0.1) is 0 Å². The van der Waals surface area contributed by atoms with Crippen molar-refractivity contribution in [3.05, 3.63) is 44.6 Å². The van der Waals surface area contributed by atoms with Crippen LogP contribution < -0.4 is 5.73 Å². The summed E-state index contributed by atoms with van der Waals surface area (Å²) in [5, 5.41) is 0. The van der Waals surface area contributed by atoms with E-state index in [9.17, 15) is 4.39 Å². The van der Waals surface area contributed by atoms with Crippen molar-refractivity contribution >= 4 is 33.9 Å². The summed E-state index contributed by atoms with van der Waals surface area (Å²) in [6.45, 7) is 2.08. The van der Waals surface area contributed by atoms with Crippen LogP contribution in [0.1, 0.15) is 24.3 Å². The van der Waals surface area contributed by atoms with E-state index < -0.39 is 0 Å². The first-order valence-electron chi connectivity index (χ1n) is 5.42. The predicted molar refractivity (Wildman–Crippen MR) is 79.6 cm³/mol. The molecule has 2 aromatic rings. The van der Waals surface area contributed by atoms with Crippen LogP contribution in [0.15, 0.2) is 30.3 Å². The Kier molecular flexibility index (Phi) is 4.17. The number of hydrogen-bond donors (Lipinski definition) is 1. The fraction of sp³-hybridized carbons (Fsp3) is 0.231. The Hall–Kier alpha value is -0.460. The third-order valence-corrected chi connectivity index (χ3v) is 4.77. The fourth-order valence-corrected chi connectivity index (χ4v) is 3.67. The summed E-state index contributed by atoms with van der Waals surface area (Å²) in [4.78, 5) is 2.33. The number of thiophene rings is 1. The lowest BCUT2D eigenvalue weighted by atomic mass is 10.2. The lowest BCUT2D eigenvalue weighted by Gasteiger charge is -2.04. The first-order chi connectivity index (χ1) is 8.11. The molecular weight excluding hydrogens is 348 g/mol. The van der Waals surface area contributed by atoms with Gasteiger partial charge in [0.1, 0.15) is 5.82 Å². The van der Waals surface area contributed by atoms with Gasteiger partial charge in [0.15, 0.2) is 0 Å². The average molecular weight is 361 g/mol. The SMILES string of the molecule is CCC(N)c1ccc(-c2ccc(F)cc2I)s1. The molecule has 0 saturated heterocycles. The molecule has 4 heteroatoms. The minimum atomic E-state index is -0.194. The lowest BCUT2D eigenvalue weighted by Crippen LogP contribution is -2.05. The van der Waals surface area contributed by atoms with Crippen LogP contribution in [0.3, 0.4) is 0 Å². The van der Waals surface area contributed by atoms with Crippen LogP contribution in [-0.2, 0) is 0 Å². The standard InChI is InChI=1S/C13H13FINS/c1-2-11(16)13-6-5-12(17-13)9-4-3-8(14)7-10(9)15/h3-7,11H,2,16H2,1H3. The fourth-order valence-electron chi connectivity index (χ4n) is 1.59. The van der Waals surface area contributed by atoms with E-state index in [2.05, 4.69) is 41.6 Å². The Bertz CT molecular complexity index is 524. The smallest absolute Gasteiger partial charge is 0.124 e. The molecule has 0 bridgehead atoms. The van der Waals surface area contributed by atoms with Gasteiger partial charge in [-0.15, -0.1) is 11.3 Å². The van der Waals surface area contributed by atoms with Gasteiger partial charge in [0.25, 0.3) is 0 Å². The minimum Gasteiger partial charge on any atom is -0.323 e. The van der Waals surface area contributed by atoms with Crippen molar-refractivity contribution in [2.24, 2.45) is 5.73 Å². The van der Waals surface area contributed by atoms with E-state index in [1.165, 1.54) is 10.9 Å². The molecule has 90 valence electrons. The zero-order valence-electron chi connectivity index (χ0n) is 9.41. The highest BCUT2D eigenvalue weighted by Gasteiger charge is 2.10. The molecule has 2 N–H and O–H groups in total. The maximum atomic E-state index is 13.0. The molecule has 1 heterocycles. The third-order valence-electron chi connectivity index (χ3n) is 2.63. The molecule has 1 unspecified atom stereocenters. The molecule has 0 saturated carbocycles. The number of hydrogen-bond acceptors (Lipinski definition) is 2. The van der Waals surface area contributed by atoms with Gasteiger partial charge in [-0.25, -0.2) is 4.39 Å². The Morgan fingerprint density at radius 2 is 2.12 bits per heavy atom. The Balaban J connectivity index is 2.37. The minimum absolute atomic E-state index is 0.104. The monoisotopic (exact) mass is 361 g/mol. The highest BCUT2D eigenvalue weighted by molar-refractivity contribution is 14.1. The van der Waals surface area contributed by atoms with Crippen LogP contribution in [0.5, 0.6) is 0 Å². The molecule has 1 aromatic carbocycles. The molecule has 0 fully saturated rings. The van der Waals surface area contributed by atoms with Crippen LogP contribution in [0.25, 0.3) is 10.4 Å². The summed E-state index contributed by atoms with van der Waals surface area (Å²) in [5.41, 5.74) is 7.07. The van der Waals surface area contributed by atoms with Crippen LogP contribution in [0, 0.1) is 9.39 Å².